The number of rotatable bonds is 13. The van der Waals surface area contributed by atoms with E-state index in [-0.39, 0.29) is 29.1 Å². The highest BCUT2D eigenvalue weighted by Crippen LogP contribution is 2.27. The largest absolute Gasteiger partial charge is 0.494 e. The second kappa shape index (κ2) is 14.3. The molecule has 42 heavy (non-hydrogen) atoms. The number of amides is 2. The Bertz CT molecular complexity index is 1430. The van der Waals surface area contributed by atoms with Crippen LogP contribution in [-0.4, -0.2) is 56.9 Å². The van der Waals surface area contributed by atoms with Crippen molar-refractivity contribution in [3.63, 3.8) is 0 Å². The summed E-state index contributed by atoms with van der Waals surface area (Å²) in [6.07, 6.45) is 4.39. The first-order valence-electron chi connectivity index (χ1n) is 14.3. The molecule has 1 aliphatic carbocycles. The molecule has 0 radical (unpaired) electrons. The van der Waals surface area contributed by atoms with Crippen LogP contribution in [0, 0.1) is 5.82 Å². The molecule has 8 nitrogen and oxygen atoms in total. The van der Waals surface area contributed by atoms with Gasteiger partial charge in [-0.3, -0.25) is 13.9 Å². The minimum atomic E-state index is -4.28. The zero-order chi connectivity index (χ0) is 30.1. The number of halogens is 1. The van der Waals surface area contributed by atoms with Crippen molar-refractivity contribution in [3.05, 3.63) is 90.2 Å². The number of carbonyl (C=O) groups excluding carboxylic acids is 2. The number of nitrogens with zero attached hydrogens (tertiary/aromatic N) is 2. The Labute approximate surface area is 247 Å². The summed E-state index contributed by atoms with van der Waals surface area (Å²) in [7, 11) is -4.28. The Morgan fingerprint density at radius 1 is 0.976 bits per heavy atom. The van der Waals surface area contributed by atoms with E-state index in [0.29, 0.717) is 18.8 Å². The van der Waals surface area contributed by atoms with Gasteiger partial charge in [-0.15, -0.1) is 0 Å². The molecule has 0 unspecified atom stereocenters. The minimum absolute atomic E-state index is 0.0743. The Morgan fingerprint density at radius 3 is 2.24 bits per heavy atom. The lowest BCUT2D eigenvalue weighted by Crippen LogP contribution is -2.53. The fourth-order valence-corrected chi connectivity index (χ4v) is 6.51. The number of nitrogens with one attached hydrogen (secondary N) is 1. The number of benzene rings is 3. The van der Waals surface area contributed by atoms with Gasteiger partial charge < -0.3 is 15.0 Å². The van der Waals surface area contributed by atoms with Crippen LogP contribution in [-0.2, 0) is 26.0 Å². The fraction of sp³-hybridized carbons (Fsp3) is 0.375. The summed E-state index contributed by atoms with van der Waals surface area (Å²) in [5.41, 5.74) is 1.23. The highest BCUT2D eigenvalue weighted by molar-refractivity contribution is 7.92. The molecule has 0 bridgehead atoms. The van der Waals surface area contributed by atoms with Gasteiger partial charge in [0.2, 0.25) is 11.8 Å². The normalized spacial score (nSPS) is 14.3. The second-order valence-corrected chi connectivity index (χ2v) is 12.2. The number of anilines is 1. The van der Waals surface area contributed by atoms with Crippen molar-refractivity contribution < 1.29 is 27.1 Å². The molecule has 1 fully saturated rings. The summed E-state index contributed by atoms with van der Waals surface area (Å²) >= 11 is 0. The first-order valence-corrected chi connectivity index (χ1v) is 15.8. The lowest BCUT2D eigenvalue weighted by molar-refractivity contribution is -0.139. The number of hydrogen-bond acceptors (Lipinski definition) is 5. The smallest absolute Gasteiger partial charge is 0.264 e. The molecule has 1 atom stereocenters. The standard InChI is InChI=1S/C32H38FN3O5S/c1-3-41-29-17-15-28(16-18-29)36(42(39,40)30-19-13-26(33)14-20-30)23-31(37)35(22-21-25-9-5-4-6-10-25)24(2)32(38)34-27-11-7-8-12-27/h4-6,9-10,13-20,24,27H,3,7-8,11-12,21-23H2,1-2H3,(H,34,38)/t24-/m0/s1. The van der Waals surface area contributed by atoms with Crippen LogP contribution in [0.15, 0.2) is 83.8 Å². The van der Waals surface area contributed by atoms with Crippen LogP contribution in [0.5, 0.6) is 5.75 Å². The van der Waals surface area contributed by atoms with Crippen LogP contribution < -0.4 is 14.4 Å². The van der Waals surface area contributed by atoms with Gasteiger partial charge in [0.1, 0.15) is 24.2 Å². The van der Waals surface area contributed by atoms with Gasteiger partial charge in [0.15, 0.2) is 0 Å². The predicted molar refractivity (Wildman–Crippen MR) is 160 cm³/mol. The molecule has 2 amide bonds. The highest BCUT2D eigenvalue weighted by Gasteiger charge is 2.33. The second-order valence-electron chi connectivity index (χ2n) is 10.4. The fourth-order valence-electron chi connectivity index (χ4n) is 5.10. The minimum Gasteiger partial charge on any atom is -0.494 e. The third-order valence-corrected chi connectivity index (χ3v) is 9.26. The van der Waals surface area contributed by atoms with Crippen molar-refractivity contribution in [2.75, 3.05) is 24.0 Å². The van der Waals surface area contributed by atoms with E-state index in [9.17, 15) is 22.4 Å². The van der Waals surface area contributed by atoms with E-state index in [1.54, 1.807) is 31.2 Å². The van der Waals surface area contributed by atoms with Crippen molar-refractivity contribution in [3.8, 4) is 5.75 Å². The zero-order valence-corrected chi connectivity index (χ0v) is 24.9. The van der Waals surface area contributed by atoms with Crippen LogP contribution >= 0.6 is 0 Å². The van der Waals surface area contributed by atoms with Crippen LogP contribution in [0.3, 0.4) is 0 Å². The molecule has 0 heterocycles. The van der Waals surface area contributed by atoms with Gasteiger partial charge in [-0.1, -0.05) is 43.2 Å². The number of ether oxygens (including phenoxy) is 1. The molecule has 10 heteroatoms. The molecule has 3 aromatic rings. The third-order valence-electron chi connectivity index (χ3n) is 7.47. The molecule has 0 spiro atoms. The molecule has 1 saturated carbocycles. The van der Waals surface area contributed by atoms with E-state index < -0.39 is 34.3 Å². The summed E-state index contributed by atoms with van der Waals surface area (Å²) < 4.78 is 47.8. The molecule has 1 N–H and O–H groups in total. The van der Waals surface area contributed by atoms with Gasteiger partial charge in [0.05, 0.1) is 17.2 Å². The van der Waals surface area contributed by atoms with Gasteiger partial charge in [-0.25, -0.2) is 12.8 Å². The maximum atomic E-state index is 14.0. The van der Waals surface area contributed by atoms with Gasteiger partial charge in [0, 0.05) is 12.6 Å². The predicted octanol–water partition coefficient (Wildman–Crippen LogP) is 4.94. The number of sulfonamides is 1. The van der Waals surface area contributed by atoms with E-state index in [1.165, 1.54) is 17.0 Å². The van der Waals surface area contributed by atoms with E-state index in [2.05, 4.69) is 5.32 Å². The van der Waals surface area contributed by atoms with Gasteiger partial charge >= 0.3 is 0 Å². The topological polar surface area (TPSA) is 96.0 Å². The molecule has 4 rings (SSSR count). The van der Waals surface area contributed by atoms with E-state index in [4.69, 9.17) is 4.74 Å². The van der Waals surface area contributed by atoms with Gasteiger partial charge in [-0.2, -0.15) is 0 Å². The van der Waals surface area contributed by atoms with Crippen LogP contribution in [0.25, 0.3) is 0 Å². The Morgan fingerprint density at radius 2 is 1.62 bits per heavy atom. The van der Waals surface area contributed by atoms with Crippen molar-refractivity contribution in [2.45, 2.75) is 62.9 Å². The van der Waals surface area contributed by atoms with E-state index >= 15 is 0 Å². The highest BCUT2D eigenvalue weighted by atomic mass is 32.2. The Hall–Kier alpha value is -3.92. The molecular formula is C32H38FN3O5S. The summed E-state index contributed by atoms with van der Waals surface area (Å²) in [6.45, 7) is 3.61. The SMILES string of the molecule is CCOc1ccc(N(CC(=O)N(CCc2ccccc2)[C@@H](C)C(=O)NC2CCCC2)S(=O)(=O)c2ccc(F)cc2)cc1. The first-order chi connectivity index (χ1) is 20.2. The molecular weight excluding hydrogens is 557 g/mol. The summed E-state index contributed by atoms with van der Waals surface area (Å²) in [5.74, 6) is -0.822. The van der Waals surface area contributed by atoms with Crippen molar-refractivity contribution in [1.29, 1.82) is 0 Å². The van der Waals surface area contributed by atoms with Crippen molar-refractivity contribution in [1.82, 2.24) is 10.2 Å². The maximum absolute atomic E-state index is 14.0. The number of hydrogen-bond donors (Lipinski definition) is 1. The quantitative estimate of drug-likeness (QED) is 0.302. The summed E-state index contributed by atoms with van der Waals surface area (Å²) in [6, 6.07) is 19.7. The van der Waals surface area contributed by atoms with Crippen molar-refractivity contribution in [2.24, 2.45) is 0 Å². The van der Waals surface area contributed by atoms with Gasteiger partial charge in [-0.05, 0) is 87.2 Å². The van der Waals surface area contributed by atoms with Crippen LogP contribution in [0.4, 0.5) is 10.1 Å². The summed E-state index contributed by atoms with van der Waals surface area (Å²) in [4.78, 5) is 28.5. The van der Waals surface area contributed by atoms with Gasteiger partial charge in [0.25, 0.3) is 10.0 Å². The average Bonchev–Trinajstić information content (AvgIpc) is 3.50. The van der Waals surface area contributed by atoms with Crippen molar-refractivity contribution >= 4 is 27.5 Å². The third kappa shape index (κ3) is 7.88. The molecule has 0 aliphatic heterocycles. The average molecular weight is 596 g/mol. The van der Waals surface area contributed by atoms with E-state index in [0.717, 1.165) is 47.7 Å². The molecule has 0 saturated heterocycles. The molecule has 224 valence electrons. The molecule has 3 aromatic carbocycles. The van der Waals surface area contributed by atoms with Crippen LogP contribution in [0.1, 0.15) is 45.1 Å². The van der Waals surface area contributed by atoms with E-state index in [1.807, 2.05) is 37.3 Å². The Balaban J connectivity index is 1.64. The maximum Gasteiger partial charge on any atom is 0.264 e. The monoisotopic (exact) mass is 595 g/mol. The first kappa shape index (κ1) is 31.0. The summed E-state index contributed by atoms with van der Waals surface area (Å²) in [5, 5.41) is 3.06. The zero-order valence-electron chi connectivity index (χ0n) is 24.0. The molecule has 1 aliphatic rings. The lowest BCUT2D eigenvalue weighted by Gasteiger charge is -2.32. The number of carbonyl (C=O) groups is 2. The van der Waals surface area contributed by atoms with Crippen LogP contribution in [0.2, 0.25) is 0 Å². The Kier molecular flexibility index (Phi) is 10.6. The lowest BCUT2D eigenvalue weighted by atomic mass is 10.1. The molecule has 0 aromatic heterocycles.